The Bertz CT molecular complexity index is 756. The summed E-state index contributed by atoms with van der Waals surface area (Å²) in [5.41, 5.74) is 4.55. The van der Waals surface area contributed by atoms with Gasteiger partial charge in [0, 0.05) is 25.3 Å². The van der Waals surface area contributed by atoms with Crippen molar-refractivity contribution >= 4 is 17.7 Å². The quantitative estimate of drug-likeness (QED) is 0.485. The molecular weight excluding hydrogens is 318 g/mol. The van der Waals surface area contributed by atoms with Gasteiger partial charge in [-0.25, -0.2) is 4.79 Å². The Balaban J connectivity index is 1.90. The first kappa shape index (κ1) is 15.2. The monoisotopic (exact) mass is 335 g/mol. The number of methoxy groups -OCH3 is 2. The lowest BCUT2D eigenvalue weighted by atomic mass is 9.89. The van der Waals surface area contributed by atoms with Crippen molar-refractivity contribution in [2.45, 2.75) is 30.8 Å². The van der Waals surface area contributed by atoms with Crippen LogP contribution in [0.1, 0.15) is 6.92 Å². The van der Waals surface area contributed by atoms with Crippen LogP contribution in [0.3, 0.4) is 0 Å². The van der Waals surface area contributed by atoms with Gasteiger partial charge in [-0.1, -0.05) is 0 Å². The molecule has 24 heavy (non-hydrogen) atoms. The molecular formula is C15H17N3O6. The first-order valence-electron chi connectivity index (χ1n) is 7.51. The van der Waals surface area contributed by atoms with Crippen LogP contribution in [0.15, 0.2) is 22.6 Å². The van der Waals surface area contributed by atoms with Crippen molar-refractivity contribution in [3.05, 3.63) is 22.6 Å². The van der Waals surface area contributed by atoms with Gasteiger partial charge in [-0.2, -0.15) is 0 Å². The van der Waals surface area contributed by atoms with Crippen LogP contribution in [0, 0.1) is 0 Å². The summed E-state index contributed by atoms with van der Waals surface area (Å²) in [4.78, 5) is 38.9. The van der Waals surface area contributed by atoms with Gasteiger partial charge < -0.3 is 30.2 Å². The highest BCUT2D eigenvalue weighted by molar-refractivity contribution is 6.25. The molecule has 4 aliphatic rings. The number of ketones is 2. The Labute approximate surface area is 137 Å². The van der Waals surface area contributed by atoms with Gasteiger partial charge in [-0.3, -0.25) is 9.59 Å². The summed E-state index contributed by atoms with van der Waals surface area (Å²) < 4.78 is 16.1. The second kappa shape index (κ2) is 4.58. The van der Waals surface area contributed by atoms with E-state index in [1.165, 1.54) is 21.1 Å². The molecule has 0 aromatic heterocycles. The number of nitrogens with one attached hydrogen (secondary N) is 1. The molecule has 128 valence electrons. The van der Waals surface area contributed by atoms with Crippen LogP contribution in [-0.2, 0) is 23.8 Å². The van der Waals surface area contributed by atoms with E-state index in [-0.39, 0.29) is 40.5 Å². The first-order valence-corrected chi connectivity index (χ1v) is 7.51. The molecule has 0 radical (unpaired) electrons. The van der Waals surface area contributed by atoms with E-state index in [0.29, 0.717) is 6.54 Å². The highest BCUT2D eigenvalue weighted by Crippen LogP contribution is 2.53. The summed E-state index contributed by atoms with van der Waals surface area (Å²) in [6.45, 7) is 2.01. The Morgan fingerprint density at radius 1 is 1.33 bits per heavy atom. The Morgan fingerprint density at radius 3 is 2.62 bits per heavy atom. The van der Waals surface area contributed by atoms with Gasteiger partial charge in [0.25, 0.3) is 0 Å². The Hall–Kier alpha value is -2.39. The number of Topliss-reactive ketones (excluding diaryl/α,β-unsaturated/α-hetero) is 2. The smallest absolute Gasteiger partial charge is 0.405 e. The zero-order valence-corrected chi connectivity index (χ0v) is 13.4. The Morgan fingerprint density at radius 2 is 2.04 bits per heavy atom. The van der Waals surface area contributed by atoms with Crippen molar-refractivity contribution < 1.29 is 28.6 Å². The second-order valence-electron chi connectivity index (χ2n) is 6.21. The molecule has 1 aliphatic carbocycles. The number of amides is 1. The van der Waals surface area contributed by atoms with Crippen molar-refractivity contribution in [2.75, 3.05) is 20.8 Å². The number of nitrogens with zero attached hydrogens (tertiary/aromatic N) is 1. The van der Waals surface area contributed by atoms with Crippen LogP contribution in [0.2, 0.25) is 0 Å². The predicted octanol–water partition coefficient (Wildman–Crippen LogP) is -1.21. The minimum Gasteiger partial charge on any atom is -0.492 e. The van der Waals surface area contributed by atoms with Crippen LogP contribution >= 0.6 is 0 Å². The van der Waals surface area contributed by atoms with Crippen LogP contribution in [-0.4, -0.2) is 67.2 Å². The van der Waals surface area contributed by atoms with Crippen molar-refractivity contribution in [3.63, 3.8) is 0 Å². The number of primary amides is 1. The molecule has 0 aromatic rings. The fourth-order valence-corrected chi connectivity index (χ4v) is 4.19. The average Bonchev–Trinajstić information content (AvgIpc) is 3.15. The standard InChI is InChI=1S/C15H17N3O6/c1-5-9(19)8-7(10(20)11(5)22-2)13(24-14(16)21)15(23-3)12-6(17-12)4-18(8)15/h6,12-13,17H,4H2,1-3H3,(H2,16,21)/t6-,12-,13+,15-/m0/s1. The zero-order valence-electron chi connectivity index (χ0n) is 13.4. The summed E-state index contributed by atoms with van der Waals surface area (Å²) >= 11 is 0. The molecule has 9 heteroatoms. The van der Waals surface area contributed by atoms with E-state index >= 15 is 0 Å². The van der Waals surface area contributed by atoms with E-state index in [9.17, 15) is 14.4 Å². The molecule has 1 amide bonds. The third-order valence-corrected chi connectivity index (χ3v) is 5.21. The molecule has 0 spiro atoms. The molecule has 3 aliphatic heterocycles. The van der Waals surface area contributed by atoms with E-state index in [1.54, 1.807) is 4.90 Å². The highest BCUT2D eigenvalue weighted by Gasteiger charge is 2.74. The van der Waals surface area contributed by atoms with E-state index in [0.717, 1.165) is 0 Å². The number of carbonyl (C=O) groups is 3. The molecule has 0 bridgehead atoms. The minimum atomic E-state index is -1.15. The lowest BCUT2D eigenvalue weighted by Gasteiger charge is -2.38. The molecule has 9 nitrogen and oxygen atoms in total. The van der Waals surface area contributed by atoms with Gasteiger partial charge in [0.05, 0.1) is 24.4 Å². The van der Waals surface area contributed by atoms with Crippen LogP contribution in [0.5, 0.6) is 0 Å². The fourth-order valence-electron chi connectivity index (χ4n) is 4.19. The summed E-state index contributed by atoms with van der Waals surface area (Å²) in [6, 6.07) is -0.0571. The van der Waals surface area contributed by atoms with Gasteiger partial charge in [-0.05, 0) is 6.92 Å². The number of rotatable bonds is 3. The van der Waals surface area contributed by atoms with Gasteiger partial charge >= 0.3 is 6.09 Å². The van der Waals surface area contributed by atoms with Gasteiger partial charge in [0.1, 0.15) is 0 Å². The van der Waals surface area contributed by atoms with E-state index in [1.807, 2.05) is 0 Å². The molecule has 3 N–H and O–H groups in total. The summed E-state index contributed by atoms with van der Waals surface area (Å²) in [5.74, 6) is -0.872. The number of hydrogen-bond donors (Lipinski definition) is 2. The van der Waals surface area contributed by atoms with Crippen LogP contribution in [0.25, 0.3) is 0 Å². The molecule has 0 saturated carbocycles. The maximum atomic E-state index is 12.9. The van der Waals surface area contributed by atoms with Gasteiger partial charge in [0.2, 0.25) is 11.6 Å². The van der Waals surface area contributed by atoms with Gasteiger partial charge in [0.15, 0.2) is 17.6 Å². The lowest BCUT2D eigenvalue weighted by Crippen LogP contribution is -2.58. The second-order valence-corrected chi connectivity index (χ2v) is 6.21. The molecule has 4 atom stereocenters. The van der Waals surface area contributed by atoms with Crippen LogP contribution < -0.4 is 11.1 Å². The SMILES string of the molecule is COC1=C(C)C(=O)C2=C(C1=O)[C@@H](OC(N)=O)[C@@]1(OC)[C@H]3N[C@H]3CN21. The molecule has 3 heterocycles. The molecule has 2 saturated heterocycles. The minimum absolute atomic E-state index is 0.0513. The molecule has 2 fully saturated rings. The van der Waals surface area contributed by atoms with Gasteiger partial charge in [-0.15, -0.1) is 0 Å². The lowest BCUT2D eigenvalue weighted by molar-refractivity contribution is -0.151. The van der Waals surface area contributed by atoms with Crippen molar-refractivity contribution in [2.24, 2.45) is 5.73 Å². The third-order valence-electron chi connectivity index (χ3n) is 5.21. The average molecular weight is 335 g/mol. The number of hydrogen-bond acceptors (Lipinski definition) is 8. The summed E-state index contributed by atoms with van der Waals surface area (Å²) in [7, 11) is 2.78. The first-order chi connectivity index (χ1) is 11.4. The molecule has 0 unspecified atom stereocenters. The number of allylic oxidation sites excluding steroid dienone is 2. The summed E-state index contributed by atoms with van der Waals surface area (Å²) in [5, 5.41) is 3.22. The fraction of sp³-hybridized carbons (Fsp3) is 0.533. The topological polar surface area (TPSA) is 130 Å². The van der Waals surface area contributed by atoms with Crippen molar-refractivity contribution in [3.8, 4) is 0 Å². The maximum absolute atomic E-state index is 12.9. The predicted molar refractivity (Wildman–Crippen MR) is 78.4 cm³/mol. The maximum Gasteiger partial charge on any atom is 0.405 e. The Kier molecular flexibility index (Phi) is 2.89. The molecule has 4 rings (SSSR count). The largest absolute Gasteiger partial charge is 0.492 e. The third kappa shape index (κ3) is 1.53. The van der Waals surface area contributed by atoms with E-state index in [2.05, 4.69) is 5.32 Å². The normalized spacial score (nSPS) is 36.6. The number of piperazine rings is 1. The highest BCUT2D eigenvalue weighted by atomic mass is 16.6. The number of nitrogens with two attached hydrogens (primary N) is 1. The number of carbonyl (C=O) groups excluding carboxylic acids is 3. The van der Waals surface area contributed by atoms with Crippen molar-refractivity contribution in [1.29, 1.82) is 0 Å². The molecule has 0 aromatic carbocycles. The summed E-state index contributed by atoms with van der Waals surface area (Å²) in [6.07, 6.45) is -2.14. The van der Waals surface area contributed by atoms with E-state index in [4.69, 9.17) is 19.9 Å². The van der Waals surface area contributed by atoms with Crippen LogP contribution in [0.4, 0.5) is 4.79 Å². The number of fused-ring (bicyclic) bond motifs is 4. The number of ether oxygens (including phenoxy) is 3. The van der Waals surface area contributed by atoms with E-state index < -0.39 is 23.7 Å². The zero-order chi connectivity index (χ0) is 17.4. The van der Waals surface area contributed by atoms with Crippen molar-refractivity contribution in [1.82, 2.24) is 10.2 Å².